The van der Waals surface area contributed by atoms with Gasteiger partial charge >= 0.3 is 0 Å². The summed E-state index contributed by atoms with van der Waals surface area (Å²) in [5, 5.41) is 6.02. The van der Waals surface area contributed by atoms with E-state index in [1.54, 1.807) is 0 Å². The fraction of sp³-hybridized carbons (Fsp3) is 0.615. The predicted molar refractivity (Wildman–Crippen MR) is 139 cm³/mol. The summed E-state index contributed by atoms with van der Waals surface area (Å²) in [5.41, 5.74) is 4.41. The molecule has 1 unspecified atom stereocenters. The van der Waals surface area contributed by atoms with E-state index in [0.29, 0.717) is 0 Å². The van der Waals surface area contributed by atoms with Crippen LogP contribution in [0.25, 0.3) is 11.3 Å². The average molecular weight is 476 g/mol. The first-order valence-corrected chi connectivity index (χ1v) is 13.8. The van der Waals surface area contributed by atoms with Crippen molar-refractivity contribution in [2.75, 3.05) is 0 Å². The highest BCUT2D eigenvalue weighted by Gasteiger charge is 2.26. The lowest BCUT2D eigenvalue weighted by atomic mass is 9.85. The SMILES string of the molecule is Cc1c(SN)cc(-c2ccc(S(=O)NC(C)(C)C)c(C(C)(C)C)c2)n1CC1CCCCC1. The van der Waals surface area contributed by atoms with Crippen molar-refractivity contribution >= 4 is 22.9 Å². The summed E-state index contributed by atoms with van der Waals surface area (Å²) in [4.78, 5) is 2.00. The van der Waals surface area contributed by atoms with Crippen LogP contribution in [0.15, 0.2) is 34.1 Å². The predicted octanol–water partition coefficient (Wildman–Crippen LogP) is 6.72. The largest absolute Gasteiger partial charge is 0.343 e. The van der Waals surface area contributed by atoms with E-state index in [-0.39, 0.29) is 11.0 Å². The Morgan fingerprint density at radius 1 is 1.09 bits per heavy atom. The Hall–Kier alpha value is -1.08. The molecule has 1 saturated carbocycles. The van der Waals surface area contributed by atoms with Crippen LogP contribution in [-0.4, -0.2) is 14.3 Å². The maximum Gasteiger partial charge on any atom is 0.125 e. The van der Waals surface area contributed by atoms with Crippen molar-refractivity contribution in [3.8, 4) is 11.3 Å². The van der Waals surface area contributed by atoms with Crippen molar-refractivity contribution in [3.63, 3.8) is 0 Å². The summed E-state index contributed by atoms with van der Waals surface area (Å²) in [6.45, 7) is 15.9. The first-order chi connectivity index (χ1) is 14.9. The minimum absolute atomic E-state index is 0.123. The quantitative estimate of drug-likeness (QED) is 0.456. The van der Waals surface area contributed by atoms with Gasteiger partial charge < -0.3 is 4.57 Å². The summed E-state index contributed by atoms with van der Waals surface area (Å²) in [6.07, 6.45) is 6.67. The number of nitrogens with two attached hydrogens (primary N) is 1. The summed E-state index contributed by atoms with van der Waals surface area (Å²) in [6, 6.07) is 8.65. The van der Waals surface area contributed by atoms with E-state index < -0.39 is 11.0 Å². The van der Waals surface area contributed by atoms with Crippen LogP contribution >= 0.6 is 11.9 Å². The molecule has 1 heterocycles. The van der Waals surface area contributed by atoms with E-state index in [0.717, 1.165) is 27.8 Å². The molecule has 32 heavy (non-hydrogen) atoms. The highest BCUT2D eigenvalue weighted by molar-refractivity contribution is 7.97. The van der Waals surface area contributed by atoms with E-state index in [1.807, 2.05) is 26.8 Å². The molecule has 1 aliphatic rings. The highest BCUT2D eigenvalue weighted by Crippen LogP contribution is 2.37. The molecule has 1 fully saturated rings. The molecule has 1 aliphatic carbocycles. The van der Waals surface area contributed by atoms with Gasteiger partial charge in [-0.3, -0.25) is 5.14 Å². The molecule has 1 aromatic carbocycles. The average Bonchev–Trinajstić information content (AvgIpc) is 3.02. The maximum absolute atomic E-state index is 13.2. The van der Waals surface area contributed by atoms with Gasteiger partial charge in [-0.1, -0.05) is 46.1 Å². The van der Waals surface area contributed by atoms with E-state index in [4.69, 9.17) is 5.14 Å². The molecule has 0 spiro atoms. The van der Waals surface area contributed by atoms with E-state index >= 15 is 0 Å². The third-order valence-corrected chi connectivity index (χ3v) is 8.51. The third kappa shape index (κ3) is 6.07. The van der Waals surface area contributed by atoms with Crippen LogP contribution in [0.1, 0.15) is 84.9 Å². The fourth-order valence-corrected chi connectivity index (χ4v) is 6.50. The Morgan fingerprint density at radius 3 is 2.31 bits per heavy atom. The molecule has 3 rings (SSSR count). The summed E-state index contributed by atoms with van der Waals surface area (Å²) < 4.78 is 18.9. The second-order valence-electron chi connectivity index (χ2n) is 11.3. The third-order valence-electron chi connectivity index (χ3n) is 6.29. The zero-order chi connectivity index (χ0) is 23.7. The van der Waals surface area contributed by atoms with Crippen molar-refractivity contribution in [1.29, 1.82) is 0 Å². The van der Waals surface area contributed by atoms with Gasteiger partial charge in [0.25, 0.3) is 0 Å². The van der Waals surface area contributed by atoms with Gasteiger partial charge in [0.05, 0.1) is 4.90 Å². The first-order valence-electron chi connectivity index (χ1n) is 11.8. The summed E-state index contributed by atoms with van der Waals surface area (Å²) in [5.74, 6) is 0.731. The maximum atomic E-state index is 13.2. The van der Waals surface area contributed by atoms with Crippen LogP contribution in [-0.2, 0) is 22.9 Å². The topological polar surface area (TPSA) is 60.1 Å². The van der Waals surface area contributed by atoms with Gasteiger partial charge in [0.15, 0.2) is 0 Å². The standard InChI is InChI=1S/C26H41N3OS2/c1-18-23(31-27)16-22(29(18)17-19-11-9-8-10-12-19)20-13-14-24(21(15-20)25(2,3)4)32(30)28-26(5,6)7/h13-16,19,28H,8-12,17,27H2,1-7H3. The van der Waals surface area contributed by atoms with Gasteiger partial charge in [-0.2, -0.15) is 0 Å². The number of rotatable bonds is 6. The molecule has 0 saturated heterocycles. The second-order valence-corrected chi connectivity index (χ2v) is 13.2. The molecule has 2 aromatic rings. The van der Waals surface area contributed by atoms with Gasteiger partial charge in [-0.05, 0) is 93.1 Å². The van der Waals surface area contributed by atoms with Gasteiger partial charge in [0.1, 0.15) is 11.0 Å². The Morgan fingerprint density at radius 2 is 1.75 bits per heavy atom. The van der Waals surface area contributed by atoms with Gasteiger partial charge in [-0.15, -0.1) is 0 Å². The number of aromatic nitrogens is 1. The highest BCUT2D eigenvalue weighted by atomic mass is 32.2. The van der Waals surface area contributed by atoms with Crippen LogP contribution in [0.4, 0.5) is 0 Å². The first kappa shape index (κ1) is 25.5. The summed E-state index contributed by atoms with van der Waals surface area (Å²) in [7, 11) is -1.27. The molecule has 0 amide bonds. The Kier molecular flexibility index (Phi) is 8.01. The fourth-order valence-electron chi connectivity index (χ4n) is 4.61. The number of benzene rings is 1. The minimum Gasteiger partial charge on any atom is -0.343 e. The van der Waals surface area contributed by atoms with Crippen LogP contribution < -0.4 is 9.86 Å². The molecule has 4 nitrogen and oxygen atoms in total. The summed E-state index contributed by atoms with van der Waals surface area (Å²) >= 11 is 1.33. The van der Waals surface area contributed by atoms with Crippen LogP contribution in [0.2, 0.25) is 0 Å². The lowest BCUT2D eigenvalue weighted by Crippen LogP contribution is -2.37. The van der Waals surface area contributed by atoms with Gasteiger partial charge in [0.2, 0.25) is 0 Å². The van der Waals surface area contributed by atoms with Gasteiger partial charge in [-0.25, -0.2) is 8.93 Å². The zero-order valence-electron chi connectivity index (χ0n) is 20.9. The number of nitrogens with zero attached hydrogens (tertiary/aromatic N) is 1. The molecule has 3 N–H and O–H groups in total. The molecular weight excluding hydrogens is 434 g/mol. The molecular formula is C26H41N3OS2. The van der Waals surface area contributed by atoms with Crippen molar-refractivity contribution in [2.24, 2.45) is 11.1 Å². The number of hydrogen-bond acceptors (Lipinski definition) is 3. The van der Waals surface area contributed by atoms with E-state index in [1.165, 1.54) is 61.0 Å². The second kappa shape index (κ2) is 10.0. The zero-order valence-corrected chi connectivity index (χ0v) is 22.5. The Balaban J connectivity index is 2.06. The van der Waals surface area contributed by atoms with Crippen molar-refractivity contribution in [2.45, 2.75) is 108 Å². The lowest BCUT2D eigenvalue weighted by Gasteiger charge is -2.27. The van der Waals surface area contributed by atoms with Crippen LogP contribution in [0.5, 0.6) is 0 Å². The molecule has 0 bridgehead atoms. The molecule has 178 valence electrons. The molecule has 1 atom stereocenters. The Bertz CT molecular complexity index is 961. The number of hydrogen-bond donors (Lipinski definition) is 2. The number of nitrogens with one attached hydrogen (secondary N) is 1. The van der Waals surface area contributed by atoms with E-state index in [2.05, 4.69) is 55.2 Å². The molecule has 0 radical (unpaired) electrons. The smallest absolute Gasteiger partial charge is 0.125 e. The Labute approximate surface area is 201 Å². The molecule has 1 aromatic heterocycles. The monoisotopic (exact) mass is 475 g/mol. The van der Waals surface area contributed by atoms with E-state index in [9.17, 15) is 4.21 Å². The normalized spacial score (nSPS) is 17.0. The molecule has 6 heteroatoms. The molecule has 0 aliphatic heterocycles. The van der Waals surface area contributed by atoms with Crippen LogP contribution in [0.3, 0.4) is 0 Å². The van der Waals surface area contributed by atoms with Crippen LogP contribution in [0, 0.1) is 12.8 Å². The van der Waals surface area contributed by atoms with Crippen molar-refractivity contribution < 1.29 is 4.21 Å². The van der Waals surface area contributed by atoms with Crippen molar-refractivity contribution in [3.05, 3.63) is 35.5 Å². The lowest BCUT2D eigenvalue weighted by molar-refractivity contribution is 0.318. The minimum atomic E-state index is -1.27. The van der Waals surface area contributed by atoms with Gasteiger partial charge in [0, 0.05) is 28.4 Å². The van der Waals surface area contributed by atoms with Crippen molar-refractivity contribution in [1.82, 2.24) is 9.29 Å².